The van der Waals surface area contributed by atoms with Crippen molar-refractivity contribution in [2.75, 3.05) is 0 Å². The topological polar surface area (TPSA) is 63.3 Å². The summed E-state index contributed by atoms with van der Waals surface area (Å²) in [6, 6.07) is 10.7. The second-order valence-corrected chi connectivity index (χ2v) is 4.87. The highest BCUT2D eigenvalue weighted by Gasteiger charge is 2.30. The molecule has 1 unspecified atom stereocenters. The number of carboxylic acids is 1. The van der Waals surface area contributed by atoms with Crippen LogP contribution in [0.5, 0.6) is 0 Å². The van der Waals surface area contributed by atoms with Crippen LogP contribution in [0.15, 0.2) is 48.5 Å². The third-order valence-electron chi connectivity index (χ3n) is 3.26. The van der Waals surface area contributed by atoms with Crippen LogP contribution in [0.2, 0.25) is 0 Å². The molecule has 0 aromatic heterocycles. The first-order valence-corrected chi connectivity index (χ1v) is 6.53. The maximum Gasteiger partial charge on any atom is 0.416 e. The highest BCUT2D eigenvalue weighted by molar-refractivity contribution is 5.72. The Hall–Kier alpha value is -2.34. The van der Waals surface area contributed by atoms with Crippen molar-refractivity contribution in [3.63, 3.8) is 0 Å². The predicted molar refractivity (Wildman–Crippen MR) is 76.1 cm³/mol. The second kappa shape index (κ2) is 6.19. The lowest BCUT2D eigenvalue weighted by Gasteiger charge is -2.16. The zero-order chi connectivity index (χ0) is 16.3. The van der Waals surface area contributed by atoms with E-state index in [4.69, 9.17) is 10.8 Å². The number of aliphatic carboxylic acids is 1. The van der Waals surface area contributed by atoms with E-state index in [1.165, 1.54) is 6.07 Å². The minimum atomic E-state index is -4.44. The molecule has 0 bridgehead atoms. The van der Waals surface area contributed by atoms with Gasteiger partial charge in [0.25, 0.3) is 0 Å². The van der Waals surface area contributed by atoms with E-state index in [1.54, 1.807) is 30.3 Å². The van der Waals surface area contributed by atoms with Crippen LogP contribution in [0.1, 0.15) is 23.6 Å². The van der Waals surface area contributed by atoms with Crippen molar-refractivity contribution in [2.45, 2.75) is 18.6 Å². The van der Waals surface area contributed by atoms with E-state index >= 15 is 0 Å². The zero-order valence-corrected chi connectivity index (χ0v) is 11.5. The standard InChI is InChI=1S/C16H14F3NO2/c17-16(18,19)11-5-3-4-10(8-11)12-6-1-2-7-13(12)14(20)9-15(21)22/h1-8,14H,9,20H2,(H,21,22). The van der Waals surface area contributed by atoms with Gasteiger partial charge in [-0.05, 0) is 28.8 Å². The van der Waals surface area contributed by atoms with Crippen molar-refractivity contribution in [1.82, 2.24) is 0 Å². The SMILES string of the molecule is NC(CC(=O)O)c1ccccc1-c1cccc(C(F)(F)F)c1. The van der Waals surface area contributed by atoms with Crippen molar-refractivity contribution in [2.24, 2.45) is 5.73 Å². The molecular formula is C16H14F3NO2. The number of nitrogens with two attached hydrogens (primary N) is 1. The Morgan fingerprint density at radius 2 is 1.82 bits per heavy atom. The molecule has 2 aromatic carbocycles. The average molecular weight is 309 g/mol. The molecule has 3 nitrogen and oxygen atoms in total. The van der Waals surface area contributed by atoms with Gasteiger partial charge in [0.05, 0.1) is 12.0 Å². The van der Waals surface area contributed by atoms with Crippen LogP contribution in [0.3, 0.4) is 0 Å². The molecule has 0 heterocycles. The number of rotatable bonds is 4. The Bertz CT molecular complexity index is 683. The lowest BCUT2D eigenvalue weighted by Crippen LogP contribution is -2.16. The molecule has 2 aromatic rings. The van der Waals surface area contributed by atoms with Crippen LogP contribution in [-0.2, 0) is 11.0 Å². The molecule has 0 amide bonds. The zero-order valence-electron chi connectivity index (χ0n) is 11.5. The van der Waals surface area contributed by atoms with Gasteiger partial charge in [0.1, 0.15) is 0 Å². The molecule has 0 radical (unpaired) electrons. The summed E-state index contributed by atoms with van der Waals surface area (Å²) in [5, 5.41) is 8.83. The molecule has 0 fully saturated rings. The van der Waals surface area contributed by atoms with Gasteiger partial charge in [0.15, 0.2) is 0 Å². The highest BCUT2D eigenvalue weighted by Crippen LogP contribution is 2.34. The average Bonchev–Trinajstić information content (AvgIpc) is 2.46. The third-order valence-corrected chi connectivity index (χ3v) is 3.26. The molecule has 0 aliphatic carbocycles. The van der Waals surface area contributed by atoms with Gasteiger partial charge in [0, 0.05) is 6.04 Å². The molecule has 0 aliphatic heterocycles. The molecule has 0 saturated heterocycles. The van der Waals surface area contributed by atoms with Crippen molar-refractivity contribution >= 4 is 5.97 Å². The van der Waals surface area contributed by atoms with Gasteiger partial charge in [-0.2, -0.15) is 13.2 Å². The van der Waals surface area contributed by atoms with Crippen LogP contribution in [-0.4, -0.2) is 11.1 Å². The van der Waals surface area contributed by atoms with Crippen LogP contribution in [0.4, 0.5) is 13.2 Å². The Kier molecular flexibility index (Phi) is 4.51. The van der Waals surface area contributed by atoms with Gasteiger partial charge in [-0.15, -0.1) is 0 Å². The fourth-order valence-corrected chi connectivity index (χ4v) is 2.24. The summed E-state index contributed by atoms with van der Waals surface area (Å²) in [4.78, 5) is 10.8. The first-order valence-electron chi connectivity index (χ1n) is 6.53. The van der Waals surface area contributed by atoms with Crippen molar-refractivity contribution in [1.29, 1.82) is 0 Å². The Balaban J connectivity index is 2.47. The fourth-order valence-electron chi connectivity index (χ4n) is 2.24. The van der Waals surface area contributed by atoms with E-state index in [2.05, 4.69) is 0 Å². The van der Waals surface area contributed by atoms with E-state index in [1.807, 2.05) is 0 Å². The monoisotopic (exact) mass is 309 g/mol. The van der Waals surface area contributed by atoms with Gasteiger partial charge in [-0.1, -0.05) is 36.4 Å². The number of halogens is 3. The summed E-state index contributed by atoms with van der Waals surface area (Å²) in [7, 11) is 0. The van der Waals surface area contributed by atoms with E-state index in [-0.39, 0.29) is 6.42 Å². The van der Waals surface area contributed by atoms with Gasteiger partial charge >= 0.3 is 12.1 Å². The minimum absolute atomic E-state index is 0.296. The Morgan fingerprint density at radius 3 is 2.45 bits per heavy atom. The predicted octanol–water partition coefficient (Wildman–Crippen LogP) is 3.85. The van der Waals surface area contributed by atoms with Gasteiger partial charge in [-0.3, -0.25) is 4.79 Å². The molecule has 2 rings (SSSR count). The number of hydrogen-bond donors (Lipinski definition) is 2. The lowest BCUT2D eigenvalue weighted by molar-refractivity contribution is -0.138. The molecule has 3 N–H and O–H groups in total. The van der Waals surface area contributed by atoms with Gasteiger partial charge in [-0.25, -0.2) is 0 Å². The number of carboxylic acid groups (broad SMARTS) is 1. The highest BCUT2D eigenvalue weighted by atomic mass is 19.4. The second-order valence-electron chi connectivity index (χ2n) is 4.87. The van der Waals surface area contributed by atoms with Crippen LogP contribution in [0.25, 0.3) is 11.1 Å². The first-order chi connectivity index (χ1) is 10.3. The lowest BCUT2D eigenvalue weighted by atomic mass is 9.93. The van der Waals surface area contributed by atoms with Crippen molar-refractivity contribution < 1.29 is 23.1 Å². The van der Waals surface area contributed by atoms with Crippen LogP contribution in [0, 0.1) is 0 Å². The Morgan fingerprint density at radius 1 is 1.14 bits per heavy atom. The number of hydrogen-bond acceptors (Lipinski definition) is 2. The van der Waals surface area contributed by atoms with E-state index in [0.717, 1.165) is 12.1 Å². The number of carbonyl (C=O) groups is 1. The fraction of sp³-hybridized carbons (Fsp3) is 0.188. The summed E-state index contributed by atoms with van der Waals surface area (Å²) in [6.07, 6.45) is -4.73. The maximum atomic E-state index is 12.8. The molecule has 22 heavy (non-hydrogen) atoms. The Labute approximate surface area is 125 Å². The summed E-state index contributed by atoms with van der Waals surface area (Å²) in [5.74, 6) is -1.06. The molecule has 1 atom stereocenters. The van der Waals surface area contributed by atoms with Crippen molar-refractivity contribution in [3.05, 3.63) is 59.7 Å². The van der Waals surface area contributed by atoms with Gasteiger partial charge < -0.3 is 10.8 Å². The summed E-state index contributed by atoms with van der Waals surface area (Å²) >= 11 is 0. The minimum Gasteiger partial charge on any atom is -0.481 e. The van der Waals surface area contributed by atoms with Crippen LogP contribution >= 0.6 is 0 Å². The molecule has 0 spiro atoms. The quantitative estimate of drug-likeness (QED) is 0.901. The normalized spacial score (nSPS) is 12.9. The van der Waals surface area contributed by atoms with Crippen LogP contribution < -0.4 is 5.73 Å². The van der Waals surface area contributed by atoms with E-state index in [0.29, 0.717) is 16.7 Å². The maximum absolute atomic E-state index is 12.8. The molecule has 6 heteroatoms. The molecule has 116 valence electrons. The smallest absolute Gasteiger partial charge is 0.416 e. The summed E-state index contributed by atoms with van der Waals surface area (Å²) < 4.78 is 38.4. The van der Waals surface area contributed by atoms with Crippen molar-refractivity contribution in [3.8, 4) is 11.1 Å². The molecular weight excluding hydrogens is 295 g/mol. The summed E-state index contributed by atoms with van der Waals surface area (Å²) in [6.45, 7) is 0. The van der Waals surface area contributed by atoms with E-state index < -0.39 is 23.8 Å². The number of benzene rings is 2. The molecule has 0 aliphatic rings. The first kappa shape index (κ1) is 16.0. The van der Waals surface area contributed by atoms with Gasteiger partial charge in [0.2, 0.25) is 0 Å². The number of alkyl halides is 3. The third kappa shape index (κ3) is 3.65. The molecule has 0 saturated carbocycles. The largest absolute Gasteiger partial charge is 0.481 e. The summed E-state index contributed by atoms with van der Waals surface area (Å²) in [5.41, 5.74) is 6.46. The van der Waals surface area contributed by atoms with E-state index in [9.17, 15) is 18.0 Å².